The lowest BCUT2D eigenvalue weighted by molar-refractivity contribution is 0.0489. The number of aliphatic hydroxyl groups excluding tert-OH is 1. The van der Waals surface area contributed by atoms with Gasteiger partial charge in [-0.05, 0) is 6.92 Å². The molecule has 0 saturated heterocycles. The molecule has 0 bridgehead atoms. The van der Waals surface area contributed by atoms with Crippen molar-refractivity contribution in [1.29, 1.82) is 0 Å². The zero-order chi connectivity index (χ0) is 11.2. The second-order valence-corrected chi connectivity index (χ2v) is 8.94. The molecule has 1 N–H and O–H groups in total. The molecule has 0 aromatic carbocycles. The summed E-state index contributed by atoms with van der Waals surface area (Å²) in [6.07, 6.45) is 2.45. The van der Waals surface area contributed by atoms with Gasteiger partial charge in [-0.15, -0.1) is 5.54 Å². The number of aliphatic hydroxyl groups is 1. The van der Waals surface area contributed by atoms with E-state index in [9.17, 15) is 5.11 Å². The molecular formula is C11H20O2Si. The Morgan fingerprint density at radius 1 is 1.36 bits per heavy atom. The van der Waals surface area contributed by atoms with E-state index in [1.165, 1.54) is 0 Å². The van der Waals surface area contributed by atoms with Crippen LogP contribution in [0.2, 0.25) is 19.6 Å². The average molecular weight is 212 g/mol. The fraction of sp³-hybridized carbons (Fsp3) is 0.636. The van der Waals surface area contributed by atoms with E-state index in [0.717, 1.165) is 0 Å². The first-order valence-electron chi connectivity index (χ1n) is 4.77. The van der Waals surface area contributed by atoms with Crippen molar-refractivity contribution in [3.05, 3.63) is 12.2 Å². The Balaban J connectivity index is 4.48. The molecule has 0 aliphatic carbocycles. The van der Waals surface area contributed by atoms with Gasteiger partial charge in [-0.1, -0.05) is 37.7 Å². The molecule has 0 amide bonds. The highest BCUT2D eigenvalue weighted by Gasteiger charge is 2.14. The fourth-order valence-corrected chi connectivity index (χ4v) is 1.44. The zero-order valence-corrected chi connectivity index (χ0v) is 10.7. The summed E-state index contributed by atoms with van der Waals surface area (Å²) in [5.74, 6) is 2.98. The van der Waals surface area contributed by atoms with Crippen molar-refractivity contribution in [2.24, 2.45) is 0 Å². The Labute approximate surface area is 88.0 Å². The summed E-state index contributed by atoms with van der Waals surface area (Å²) in [4.78, 5) is 0. The molecule has 0 rings (SSSR count). The summed E-state index contributed by atoms with van der Waals surface area (Å²) < 4.78 is 5.11. The van der Waals surface area contributed by atoms with Crippen LogP contribution < -0.4 is 0 Å². The van der Waals surface area contributed by atoms with Crippen molar-refractivity contribution >= 4 is 8.07 Å². The van der Waals surface area contributed by atoms with Gasteiger partial charge in [0.2, 0.25) is 0 Å². The molecule has 0 unspecified atom stereocenters. The van der Waals surface area contributed by atoms with Crippen LogP contribution in [0.5, 0.6) is 0 Å². The van der Waals surface area contributed by atoms with Gasteiger partial charge in [0.05, 0.1) is 0 Å². The molecule has 0 spiro atoms. The summed E-state index contributed by atoms with van der Waals surface area (Å²) in [7, 11) is 0.184. The molecule has 2 atom stereocenters. The van der Waals surface area contributed by atoms with Crippen LogP contribution in [-0.4, -0.2) is 32.5 Å². The van der Waals surface area contributed by atoms with E-state index in [0.29, 0.717) is 0 Å². The normalized spacial score (nSPS) is 16.1. The van der Waals surface area contributed by atoms with Crippen LogP contribution in [0.15, 0.2) is 12.2 Å². The average Bonchev–Trinajstić information content (AvgIpc) is 2.03. The van der Waals surface area contributed by atoms with Crippen molar-refractivity contribution < 1.29 is 9.84 Å². The molecule has 3 heteroatoms. The van der Waals surface area contributed by atoms with E-state index < -0.39 is 20.3 Å². The van der Waals surface area contributed by atoms with Crippen molar-refractivity contribution in [3.63, 3.8) is 0 Å². The predicted molar refractivity (Wildman–Crippen MR) is 62.7 cm³/mol. The molecule has 0 saturated carbocycles. The molecule has 2 nitrogen and oxygen atoms in total. The predicted octanol–water partition coefficient (Wildman–Crippen LogP) is 1.82. The topological polar surface area (TPSA) is 29.5 Å². The second-order valence-electron chi connectivity index (χ2n) is 4.19. The number of hydrogen-bond acceptors (Lipinski definition) is 2. The first-order valence-corrected chi connectivity index (χ1v) is 8.27. The summed E-state index contributed by atoms with van der Waals surface area (Å²) in [6, 6.07) is 0. The Morgan fingerprint density at radius 2 is 1.93 bits per heavy atom. The summed E-state index contributed by atoms with van der Waals surface area (Å²) in [6.45, 7) is 8.35. The van der Waals surface area contributed by atoms with Crippen LogP contribution in [0, 0.1) is 11.5 Å². The molecular weight excluding hydrogens is 192 g/mol. The number of methoxy groups -OCH3 is 1. The molecule has 0 radical (unpaired) electrons. The number of hydrogen-bond donors (Lipinski definition) is 1. The number of ether oxygens (including phenoxy) is 1. The molecule has 14 heavy (non-hydrogen) atoms. The number of rotatable bonds is 3. The van der Waals surface area contributed by atoms with Crippen molar-refractivity contribution in [1.82, 2.24) is 0 Å². The second kappa shape index (κ2) is 6.02. The quantitative estimate of drug-likeness (QED) is 0.439. The summed E-state index contributed by atoms with van der Waals surface area (Å²) in [5, 5.41) is 9.61. The van der Waals surface area contributed by atoms with Gasteiger partial charge in [0, 0.05) is 7.11 Å². The standard InChI is InChI=1S/C11H20O2Si/c1-6-7-10(12)11(13-2)8-9-14(3,4)5/h6-7,10-12H,1-5H3/b7-6+/t10-,11+/m0/s1. The third-order valence-corrected chi connectivity index (χ3v) is 2.44. The fourth-order valence-electron chi connectivity index (χ4n) is 0.869. The van der Waals surface area contributed by atoms with Crippen LogP contribution in [0.4, 0.5) is 0 Å². The SMILES string of the molecule is C/C=C/[C@H](O)[C@@H](C#C[Si](C)(C)C)OC. The Kier molecular flexibility index (Phi) is 5.78. The van der Waals surface area contributed by atoms with Gasteiger partial charge < -0.3 is 9.84 Å². The van der Waals surface area contributed by atoms with Gasteiger partial charge in [-0.2, -0.15) is 0 Å². The van der Waals surface area contributed by atoms with Crippen LogP contribution >= 0.6 is 0 Å². The Morgan fingerprint density at radius 3 is 2.29 bits per heavy atom. The van der Waals surface area contributed by atoms with E-state index in [-0.39, 0.29) is 0 Å². The minimum atomic E-state index is -1.38. The lowest BCUT2D eigenvalue weighted by Crippen LogP contribution is -2.26. The third kappa shape index (κ3) is 5.98. The Hall–Kier alpha value is -0.563. The lowest BCUT2D eigenvalue weighted by Gasteiger charge is -2.13. The van der Waals surface area contributed by atoms with Crippen LogP contribution in [-0.2, 0) is 4.74 Å². The van der Waals surface area contributed by atoms with E-state index >= 15 is 0 Å². The monoisotopic (exact) mass is 212 g/mol. The third-order valence-electron chi connectivity index (χ3n) is 1.54. The van der Waals surface area contributed by atoms with Gasteiger partial charge in [-0.25, -0.2) is 0 Å². The van der Waals surface area contributed by atoms with Gasteiger partial charge in [0.15, 0.2) is 0 Å². The van der Waals surface area contributed by atoms with Crippen molar-refractivity contribution in [3.8, 4) is 11.5 Å². The van der Waals surface area contributed by atoms with Crippen LogP contribution in [0.3, 0.4) is 0 Å². The highest BCUT2D eigenvalue weighted by Crippen LogP contribution is 2.02. The zero-order valence-electron chi connectivity index (χ0n) is 9.66. The maximum atomic E-state index is 9.61. The molecule has 0 aliphatic heterocycles. The van der Waals surface area contributed by atoms with E-state index in [2.05, 4.69) is 31.1 Å². The maximum Gasteiger partial charge on any atom is 0.146 e. The smallest absolute Gasteiger partial charge is 0.146 e. The first kappa shape index (κ1) is 13.4. The van der Waals surface area contributed by atoms with Gasteiger partial charge in [-0.3, -0.25) is 0 Å². The van der Waals surface area contributed by atoms with E-state index in [1.54, 1.807) is 19.3 Å². The van der Waals surface area contributed by atoms with E-state index in [4.69, 9.17) is 4.74 Å². The molecule has 0 aromatic heterocycles. The van der Waals surface area contributed by atoms with Gasteiger partial charge >= 0.3 is 0 Å². The minimum absolute atomic E-state index is 0.405. The largest absolute Gasteiger partial charge is 0.385 e. The van der Waals surface area contributed by atoms with E-state index in [1.807, 2.05) is 6.92 Å². The van der Waals surface area contributed by atoms with Crippen molar-refractivity contribution in [2.45, 2.75) is 38.8 Å². The lowest BCUT2D eigenvalue weighted by atomic mass is 10.2. The summed E-state index contributed by atoms with van der Waals surface area (Å²) in [5.41, 5.74) is 3.18. The molecule has 0 aliphatic rings. The summed E-state index contributed by atoms with van der Waals surface area (Å²) >= 11 is 0. The van der Waals surface area contributed by atoms with Crippen LogP contribution in [0.1, 0.15) is 6.92 Å². The number of allylic oxidation sites excluding steroid dienone is 1. The molecule has 0 fully saturated rings. The van der Waals surface area contributed by atoms with Crippen molar-refractivity contribution in [2.75, 3.05) is 7.11 Å². The molecule has 0 aromatic rings. The first-order chi connectivity index (χ1) is 6.40. The van der Waals surface area contributed by atoms with Crippen LogP contribution in [0.25, 0.3) is 0 Å². The highest BCUT2D eigenvalue weighted by atomic mass is 28.3. The maximum absolute atomic E-state index is 9.61. The Bertz CT molecular complexity index is 242. The molecule has 0 heterocycles. The van der Waals surface area contributed by atoms with Gasteiger partial charge in [0.25, 0.3) is 0 Å². The van der Waals surface area contributed by atoms with Gasteiger partial charge in [0.1, 0.15) is 20.3 Å². The highest BCUT2D eigenvalue weighted by molar-refractivity contribution is 6.83. The molecule has 80 valence electrons. The minimum Gasteiger partial charge on any atom is -0.385 e.